The van der Waals surface area contributed by atoms with Gasteiger partial charge in [-0.25, -0.2) is 8.42 Å². The van der Waals surface area contributed by atoms with Gasteiger partial charge < -0.3 is 9.42 Å². The third-order valence-electron chi connectivity index (χ3n) is 5.03. The van der Waals surface area contributed by atoms with Crippen molar-refractivity contribution in [2.24, 2.45) is 11.8 Å². The van der Waals surface area contributed by atoms with Gasteiger partial charge in [-0.15, -0.1) is 0 Å². The molecule has 24 heavy (non-hydrogen) atoms. The Bertz CT molecular complexity index is 708. The van der Waals surface area contributed by atoms with Crippen LogP contribution in [0.1, 0.15) is 37.6 Å². The molecule has 0 unspecified atom stereocenters. The molecule has 8 heteroatoms. The van der Waals surface area contributed by atoms with E-state index in [0.29, 0.717) is 30.3 Å². The lowest BCUT2D eigenvalue weighted by Crippen LogP contribution is -2.46. The summed E-state index contributed by atoms with van der Waals surface area (Å²) in [4.78, 5) is 14.7. The zero-order chi connectivity index (χ0) is 17.5. The highest BCUT2D eigenvalue weighted by Crippen LogP contribution is 2.29. The summed E-state index contributed by atoms with van der Waals surface area (Å²) in [7, 11) is -3.67. The van der Waals surface area contributed by atoms with E-state index in [-0.39, 0.29) is 23.3 Å². The Kier molecular flexibility index (Phi) is 4.70. The van der Waals surface area contributed by atoms with Crippen LogP contribution in [0.4, 0.5) is 0 Å². The number of carbonyl (C=O) groups is 1. The van der Waals surface area contributed by atoms with E-state index in [1.165, 1.54) is 4.31 Å². The van der Waals surface area contributed by atoms with Crippen molar-refractivity contribution < 1.29 is 17.7 Å². The predicted octanol–water partition coefficient (Wildman–Crippen LogP) is 1.56. The quantitative estimate of drug-likeness (QED) is 0.821. The topological polar surface area (TPSA) is 83.7 Å². The van der Waals surface area contributed by atoms with Gasteiger partial charge in [0.25, 0.3) is 0 Å². The molecule has 0 radical (unpaired) electrons. The van der Waals surface area contributed by atoms with Gasteiger partial charge in [-0.3, -0.25) is 4.79 Å². The summed E-state index contributed by atoms with van der Waals surface area (Å²) in [5.41, 5.74) is 0.370. The Morgan fingerprint density at radius 2 is 1.96 bits per heavy atom. The molecule has 0 aliphatic carbocycles. The third kappa shape index (κ3) is 3.09. The minimum absolute atomic E-state index is 0.0954. The molecule has 2 saturated heterocycles. The van der Waals surface area contributed by atoms with Crippen molar-refractivity contribution in [3.8, 4) is 0 Å². The Morgan fingerprint density at radius 3 is 2.54 bits per heavy atom. The molecule has 0 spiro atoms. The predicted molar refractivity (Wildman–Crippen MR) is 87.8 cm³/mol. The van der Waals surface area contributed by atoms with Gasteiger partial charge in [0.2, 0.25) is 15.9 Å². The first-order chi connectivity index (χ1) is 11.3. The molecule has 3 rings (SSSR count). The number of aromatic nitrogens is 1. The maximum atomic E-state index is 12.9. The van der Waals surface area contributed by atoms with Crippen LogP contribution in [-0.4, -0.2) is 54.9 Å². The first-order valence-corrected chi connectivity index (χ1v) is 9.96. The molecule has 0 bridgehead atoms. The van der Waals surface area contributed by atoms with Crippen molar-refractivity contribution in [2.45, 2.75) is 44.9 Å². The number of sulfonamides is 1. The minimum atomic E-state index is -3.67. The van der Waals surface area contributed by atoms with E-state index in [9.17, 15) is 13.2 Å². The largest absolute Gasteiger partial charge is 0.360 e. The Labute approximate surface area is 143 Å². The molecule has 1 aromatic heterocycles. The average Bonchev–Trinajstić information content (AvgIpc) is 3.12. The van der Waals surface area contributed by atoms with Crippen LogP contribution < -0.4 is 0 Å². The summed E-state index contributed by atoms with van der Waals surface area (Å²) < 4.78 is 32.3. The van der Waals surface area contributed by atoms with Gasteiger partial charge >= 0.3 is 0 Å². The number of hydrogen-bond donors (Lipinski definition) is 0. The van der Waals surface area contributed by atoms with Crippen molar-refractivity contribution in [3.05, 3.63) is 11.5 Å². The number of aryl methyl sites for hydroxylation is 2. The number of rotatable bonds is 3. The zero-order valence-electron chi connectivity index (χ0n) is 14.5. The summed E-state index contributed by atoms with van der Waals surface area (Å²) in [6.45, 7) is 7.62. The first-order valence-electron chi connectivity index (χ1n) is 8.52. The lowest BCUT2D eigenvalue weighted by Gasteiger charge is -2.33. The normalized spacial score (nSPS) is 26.0. The van der Waals surface area contributed by atoms with E-state index in [2.05, 4.69) is 12.1 Å². The van der Waals surface area contributed by atoms with Crippen LogP contribution in [0, 0.1) is 25.7 Å². The van der Waals surface area contributed by atoms with Crippen molar-refractivity contribution >= 4 is 15.9 Å². The third-order valence-corrected chi connectivity index (χ3v) is 7.14. The van der Waals surface area contributed by atoms with Crippen LogP contribution in [0.5, 0.6) is 0 Å². The van der Waals surface area contributed by atoms with Gasteiger partial charge in [0, 0.05) is 26.2 Å². The number of amides is 1. The molecule has 2 fully saturated rings. The first kappa shape index (κ1) is 17.4. The molecular formula is C16H25N3O4S. The summed E-state index contributed by atoms with van der Waals surface area (Å²) in [6.07, 6.45) is 2.47. The van der Waals surface area contributed by atoms with E-state index >= 15 is 0 Å². The molecule has 1 aromatic rings. The number of hydrogen-bond acceptors (Lipinski definition) is 5. The highest BCUT2D eigenvalue weighted by atomic mass is 32.2. The van der Waals surface area contributed by atoms with E-state index in [1.807, 2.05) is 4.90 Å². The molecule has 3 heterocycles. The second-order valence-corrected chi connectivity index (χ2v) is 8.91. The van der Waals surface area contributed by atoms with E-state index in [0.717, 1.165) is 25.9 Å². The van der Waals surface area contributed by atoms with Crippen LogP contribution in [0.2, 0.25) is 0 Å². The molecule has 0 saturated carbocycles. The van der Waals surface area contributed by atoms with Crippen LogP contribution in [0.25, 0.3) is 0 Å². The highest BCUT2D eigenvalue weighted by Gasteiger charge is 2.38. The molecule has 2 aliphatic heterocycles. The van der Waals surface area contributed by atoms with Crippen molar-refractivity contribution in [1.29, 1.82) is 0 Å². The van der Waals surface area contributed by atoms with Crippen LogP contribution in [0.15, 0.2) is 9.42 Å². The SMILES string of the molecule is Cc1noc(C)c1S(=O)(=O)N1CCC[C@@H](C(=O)N2CC[C@@H](C)C2)C1. The van der Waals surface area contributed by atoms with Gasteiger partial charge in [0.15, 0.2) is 5.76 Å². The standard InChI is InChI=1S/C16H25N3O4S/c1-11-6-8-18(9-11)16(20)14-5-4-7-19(10-14)24(21,22)15-12(2)17-23-13(15)3/h11,14H,4-10H2,1-3H3/t11-,14-/m1/s1. The Balaban J connectivity index is 1.77. The lowest BCUT2D eigenvalue weighted by molar-refractivity contribution is -0.135. The number of likely N-dealkylation sites (tertiary alicyclic amines) is 1. The van der Waals surface area contributed by atoms with Crippen molar-refractivity contribution in [3.63, 3.8) is 0 Å². The van der Waals surface area contributed by atoms with E-state index < -0.39 is 10.0 Å². The second-order valence-electron chi connectivity index (χ2n) is 7.03. The van der Waals surface area contributed by atoms with Crippen LogP contribution in [0.3, 0.4) is 0 Å². The number of carbonyl (C=O) groups excluding carboxylic acids is 1. The smallest absolute Gasteiger partial charge is 0.248 e. The summed E-state index contributed by atoms with van der Waals surface area (Å²) in [5, 5.41) is 3.75. The van der Waals surface area contributed by atoms with E-state index in [1.54, 1.807) is 13.8 Å². The van der Waals surface area contributed by atoms with Crippen LogP contribution in [-0.2, 0) is 14.8 Å². The van der Waals surface area contributed by atoms with Gasteiger partial charge in [-0.2, -0.15) is 4.31 Å². The maximum Gasteiger partial charge on any atom is 0.248 e. The number of nitrogens with zero attached hydrogens (tertiary/aromatic N) is 3. The fourth-order valence-electron chi connectivity index (χ4n) is 3.73. The van der Waals surface area contributed by atoms with Gasteiger partial charge in [0.1, 0.15) is 10.6 Å². The van der Waals surface area contributed by atoms with E-state index in [4.69, 9.17) is 4.52 Å². The fraction of sp³-hybridized carbons (Fsp3) is 0.750. The second kappa shape index (κ2) is 6.48. The van der Waals surface area contributed by atoms with Gasteiger partial charge in [0.05, 0.1) is 5.92 Å². The van der Waals surface area contributed by atoms with Gasteiger partial charge in [-0.1, -0.05) is 12.1 Å². The minimum Gasteiger partial charge on any atom is -0.360 e. The number of piperidine rings is 1. The summed E-state index contributed by atoms with van der Waals surface area (Å²) in [5.74, 6) is 0.673. The fourth-order valence-corrected chi connectivity index (χ4v) is 5.54. The summed E-state index contributed by atoms with van der Waals surface area (Å²) in [6, 6.07) is 0. The Hall–Kier alpha value is -1.41. The monoisotopic (exact) mass is 355 g/mol. The molecule has 1 amide bonds. The molecular weight excluding hydrogens is 330 g/mol. The highest BCUT2D eigenvalue weighted by molar-refractivity contribution is 7.89. The molecule has 2 aliphatic rings. The lowest BCUT2D eigenvalue weighted by atomic mass is 9.98. The molecule has 2 atom stereocenters. The molecule has 134 valence electrons. The molecule has 0 aromatic carbocycles. The molecule has 7 nitrogen and oxygen atoms in total. The maximum absolute atomic E-state index is 12.9. The summed E-state index contributed by atoms with van der Waals surface area (Å²) >= 11 is 0. The van der Waals surface area contributed by atoms with Gasteiger partial charge in [-0.05, 0) is 39.0 Å². The van der Waals surface area contributed by atoms with Crippen molar-refractivity contribution in [1.82, 2.24) is 14.4 Å². The Morgan fingerprint density at radius 1 is 1.21 bits per heavy atom. The van der Waals surface area contributed by atoms with Crippen molar-refractivity contribution in [2.75, 3.05) is 26.2 Å². The molecule has 0 N–H and O–H groups in total. The van der Waals surface area contributed by atoms with Crippen LogP contribution >= 0.6 is 0 Å². The zero-order valence-corrected chi connectivity index (χ0v) is 15.3. The average molecular weight is 355 g/mol.